The lowest BCUT2D eigenvalue weighted by molar-refractivity contribution is 0.0258. The van der Waals surface area contributed by atoms with Crippen LogP contribution in [0, 0.1) is 0 Å². The minimum absolute atomic E-state index is 0.0406. The van der Waals surface area contributed by atoms with Gasteiger partial charge in [-0.15, -0.1) is 0 Å². The van der Waals surface area contributed by atoms with E-state index in [2.05, 4.69) is 11.4 Å². The van der Waals surface area contributed by atoms with Crippen LogP contribution in [-0.4, -0.2) is 60.2 Å². The van der Waals surface area contributed by atoms with Crippen LogP contribution in [0.1, 0.15) is 50.3 Å². The van der Waals surface area contributed by atoms with Gasteiger partial charge < -0.3 is 19.9 Å². The summed E-state index contributed by atoms with van der Waals surface area (Å²) in [6.07, 6.45) is 4.19. The first kappa shape index (κ1) is 21.8. The lowest BCUT2D eigenvalue weighted by Crippen LogP contribution is -2.38. The molecule has 0 atom stereocenters. The fraction of sp³-hybridized carbons (Fsp3) is 0.636. The molecule has 1 N–H and O–H groups in total. The Labute approximate surface area is 178 Å². The van der Waals surface area contributed by atoms with E-state index in [-0.39, 0.29) is 12.1 Å². The summed E-state index contributed by atoms with van der Waals surface area (Å²) in [5, 5.41) is 3.64. The monoisotopic (exact) mass is 421 g/mol. The summed E-state index contributed by atoms with van der Waals surface area (Å²) in [7, 11) is 0. The van der Waals surface area contributed by atoms with Crippen molar-refractivity contribution in [3.63, 3.8) is 0 Å². The number of hydrogen-bond donors (Lipinski definition) is 1. The third kappa shape index (κ3) is 5.78. The van der Waals surface area contributed by atoms with Gasteiger partial charge >= 0.3 is 12.1 Å². The Morgan fingerprint density at radius 3 is 2.62 bits per heavy atom. The van der Waals surface area contributed by atoms with Crippen molar-refractivity contribution in [2.24, 2.45) is 0 Å². The number of urea groups is 1. The van der Waals surface area contributed by atoms with E-state index in [0.717, 1.165) is 56.8 Å². The van der Waals surface area contributed by atoms with Gasteiger partial charge in [0.05, 0.1) is 0 Å². The highest BCUT2D eigenvalue weighted by molar-refractivity contribution is 6.31. The molecule has 1 saturated heterocycles. The maximum atomic E-state index is 12.5. The molecule has 1 aromatic carbocycles. The largest absolute Gasteiger partial charge is 0.444 e. The molecule has 2 aliphatic rings. The van der Waals surface area contributed by atoms with Gasteiger partial charge in [-0.05, 0) is 75.6 Å². The van der Waals surface area contributed by atoms with Gasteiger partial charge in [0.1, 0.15) is 5.60 Å². The highest BCUT2D eigenvalue weighted by atomic mass is 35.5. The second-order valence-electron chi connectivity index (χ2n) is 8.81. The summed E-state index contributed by atoms with van der Waals surface area (Å²) < 4.78 is 5.55. The first-order valence-corrected chi connectivity index (χ1v) is 10.9. The molecule has 1 aromatic rings. The number of carbonyl (C=O) groups is 2. The summed E-state index contributed by atoms with van der Waals surface area (Å²) >= 11 is 6.55. The van der Waals surface area contributed by atoms with Crippen LogP contribution >= 0.6 is 11.6 Å². The number of nitrogens with zero attached hydrogens (tertiary/aromatic N) is 2. The third-order valence-corrected chi connectivity index (χ3v) is 5.81. The molecule has 0 saturated carbocycles. The number of rotatable bonds is 5. The van der Waals surface area contributed by atoms with Crippen LogP contribution in [0.25, 0.3) is 0 Å². The third-order valence-electron chi connectivity index (χ3n) is 5.46. The van der Waals surface area contributed by atoms with Crippen molar-refractivity contribution in [3.05, 3.63) is 33.8 Å². The van der Waals surface area contributed by atoms with Crippen LogP contribution < -0.4 is 5.32 Å². The van der Waals surface area contributed by atoms with E-state index in [1.807, 2.05) is 31.7 Å². The number of hydrogen-bond acceptors (Lipinski definition) is 3. The number of unbranched alkanes of at least 4 members (excludes halogenated alkanes) is 1. The van der Waals surface area contributed by atoms with E-state index in [4.69, 9.17) is 16.3 Å². The normalized spacial score (nSPS) is 17.0. The molecule has 3 amide bonds. The van der Waals surface area contributed by atoms with Gasteiger partial charge in [-0.3, -0.25) is 0 Å². The van der Waals surface area contributed by atoms with Gasteiger partial charge in [0.15, 0.2) is 0 Å². The van der Waals surface area contributed by atoms with Crippen molar-refractivity contribution < 1.29 is 14.3 Å². The maximum Gasteiger partial charge on any atom is 0.410 e. The number of amides is 3. The van der Waals surface area contributed by atoms with Crippen molar-refractivity contribution in [3.8, 4) is 0 Å². The standard InChI is InChI=1S/C22H32ClN3O3/c1-22(2,3)29-21(28)26-13-9-16-7-8-19(23)18(17(16)10-14-26)6-4-5-12-25-15-11-24-20(25)27/h7-8H,4-6,9-15H2,1-3H3,(H,24,27). The average Bonchev–Trinajstić information content (AvgIpc) is 2.92. The van der Waals surface area contributed by atoms with Gasteiger partial charge in [0.2, 0.25) is 0 Å². The summed E-state index contributed by atoms with van der Waals surface area (Å²) in [5.41, 5.74) is 3.26. The van der Waals surface area contributed by atoms with E-state index < -0.39 is 5.60 Å². The lowest BCUT2D eigenvalue weighted by Gasteiger charge is -2.26. The summed E-state index contributed by atoms with van der Waals surface area (Å²) in [6, 6.07) is 4.11. The summed E-state index contributed by atoms with van der Waals surface area (Å²) in [5.74, 6) is 0. The van der Waals surface area contributed by atoms with Gasteiger partial charge in [-0.25, -0.2) is 9.59 Å². The Hall–Kier alpha value is -1.95. The maximum absolute atomic E-state index is 12.5. The molecular formula is C22H32ClN3O3. The highest BCUT2D eigenvalue weighted by Gasteiger charge is 2.25. The molecule has 0 bridgehead atoms. The van der Waals surface area contributed by atoms with E-state index in [1.165, 1.54) is 16.7 Å². The van der Waals surface area contributed by atoms with E-state index in [0.29, 0.717) is 13.1 Å². The molecule has 0 radical (unpaired) electrons. The first-order valence-electron chi connectivity index (χ1n) is 10.5. The fourth-order valence-electron chi connectivity index (χ4n) is 3.98. The number of nitrogens with one attached hydrogen (secondary N) is 1. The smallest absolute Gasteiger partial charge is 0.410 e. The van der Waals surface area contributed by atoms with Crippen molar-refractivity contribution >= 4 is 23.7 Å². The van der Waals surface area contributed by atoms with Crippen LogP contribution in [0.4, 0.5) is 9.59 Å². The average molecular weight is 422 g/mol. The van der Waals surface area contributed by atoms with Crippen molar-refractivity contribution in [1.82, 2.24) is 15.1 Å². The van der Waals surface area contributed by atoms with Crippen LogP contribution in [0.2, 0.25) is 5.02 Å². The first-order chi connectivity index (χ1) is 13.7. The molecule has 1 fully saturated rings. The van der Waals surface area contributed by atoms with Gasteiger partial charge in [-0.2, -0.15) is 0 Å². The quantitative estimate of drug-likeness (QED) is 0.730. The molecule has 0 spiro atoms. The predicted octanol–water partition coefficient (Wildman–Crippen LogP) is 4.02. The Morgan fingerprint density at radius 2 is 1.93 bits per heavy atom. The second-order valence-corrected chi connectivity index (χ2v) is 9.21. The summed E-state index contributed by atoms with van der Waals surface area (Å²) in [6.45, 7) is 9.29. The van der Waals surface area contributed by atoms with E-state index in [1.54, 1.807) is 4.90 Å². The van der Waals surface area contributed by atoms with Crippen LogP contribution in [-0.2, 0) is 24.0 Å². The molecular weight excluding hydrogens is 390 g/mol. The number of halogens is 1. The summed E-state index contributed by atoms with van der Waals surface area (Å²) in [4.78, 5) is 27.8. The molecule has 7 heteroatoms. The minimum atomic E-state index is -0.489. The molecule has 29 heavy (non-hydrogen) atoms. The number of ether oxygens (including phenoxy) is 1. The van der Waals surface area contributed by atoms with Crippen LogP contribution in [0.3, 0.4) is 0 Å². The zero-order valence-electron chi connectivity index (χ0n) is 17.7. The number of fused-ring (bicyclic) bond motifs is 1. The number of benzene rings is 1. The van der Waals surface area contributed by atoms with E-state index >= 15 is 0 Å². The SMILES string of the molecule is CC(C)(C)OC(=O)N1CCc2ccc(Cl)c(CCCCN3CCNC3=O)c2CC1. The van der Waals surface area contributed by atoms with Crippen LogP contribution in [0.15, 0.2) is 12.1 Å². The number of carbonyl (C=O) groups excluding carboxylic acids is 2. The van der Waals surface area contributed by atoms with Crippen LogP contribution in [0.5, 0.6) is 0 Å². The molecule has 0 aliphatic carbocycles. The minimum Gasteiger partial charge on any atom is -0.444 e. The van der Waals surface area contributed by atoms with E-state index in [9.17, 15) is 9.59 Å². The second kappa shape index (κ2) is 9.24. The molecule has 2 heterocycles. The zero-order chi connectivity index (χ0) is 21.0. The molecule has 0 aromatic heterocycles. The van der Waals surface area contributed by atoms with Crippen molar-refractivity contribution in [1.29, 1.82) is 0 Å². The van der Waals surface area contributed by atoms with Crippen molar-refractivity contribution in [2.75, 3.05) is 32.7 Å². The fourth-order valence-corrected chi connectivity index (χ4v) is 4.25. The van der Waals surface area contributed by atoms with Gasteiger partial charge in [0.25, 0.3) is 0 Å². The highest BCUT2D eigenvalue weighted by Crippen LogP contribution is 2.29. The molecule has 160 valence electrons. The topological polar surface area (TPSA) is 61.9 Å². The Balaban J connectivity index is 1.60. The van der Waals surface area contributed by atoms with Gasteiger partial charge in [-0.1, -0.05) is 17.7 Å². The Kier molecular flexibility index (Phi) is 6.93. The zero-order valence-corrected chi connectivity index (χ0v) is 18.5. The lowest BCUT2D eigenvalue weighted by atomic mass is 9.94. The predicted molar refractivity (Wildman–Crippen MR) is 115 cm³/mol. The van der Waals surface area contributed by atoms with Gasteiger partial charge in [0, 0.05) is 37.7 Å². The van der Waals surface area contributed by atoms with Crippen molar-refractivity contribution in [2.45, 2.75) is 58.5 Å². The molecule has 2 aliphatic heterocycles. The molecule has 0 unspecified atom stereocenters. The molecule has 6 nitrogen and oxygen atoms in total. The Morgan fingerprint density at radius 1 is 1.17 bits per heavy atom. The molecule has 3 rings (SSSR count). The Bertz CT molecular complexity index is 760.